The van der Waals surface area contributed by atoms with Crippen LogP contribution < -0.4 is 4.90 Å². The van der Waals surface area contributed by atoms with Crippen molar-refractivity contribution in [1.29, 1.82) is 0 Å². The molecule has 0 aromatic heterocycles. The molecule has 0 aliphatic heterocycles. The van der Waals surface area contributed by atoms with Crippen molar-refractivity contribution in [3.05, 3.63) is 211 Å². The van der Waals surface area contributed by atoms with Gasteiger partial charge < -0.3 is 4.90 Å². The van der Waals surface area contributed by atoms with Crippen LogP contribution in [-0.2, 0) is 0 Å². The highest BCUT2D eigenvalue weighted by Crippen LogP contribution is 2.54. The van der Waals surface area contributed by atoms with Gasteiger partial charge in [-0.1, -0.05) is 152 Å². The fourth-order valence-corrected chi connectivity index (χ4v) is 9.19. The molecule has 268 valence electrons. The van der Waals surface area contributed by atoms with Gasteiger partial charge in [-0.2, -0.15) is 0 Å². The maximum atomic E-state index is 2.47. The highest BCUT2D eigenvalue weighted by molar-refractivity contribution is 6.24. The van der Waals surface area contributed by atoms with E-state index in [1.807, 2.05) is 0 Å². The lowest BCUT2D eigenvalue weighted by Crippen LogP contribution is -2.13. The molecule has 0 saturated carbocycles. The van der Waals surface area contributed by atoms with E-state index in [0.29, 0.717) is 0 Å². The van der Waals surface area contributed by atoms with Crippen molar-refractivity contribution < 1.29 is 0 Å². The number of rotatable bonds is 6. The van der Waals surface area contributed by atoms with Crippen molar-refractivity contribution in [1.82, 2.24) is 0 Å². The molecule has 0 saturated heterocycles. The minimum Gasteiger partial charge on any atom is -0.310 e. The molecule has 0 heterocycles. The Morgan fingerprint density at radius 2 is 0.789 bits per heavy atom. The second kappa shape index (κ2) is 13.2. The molecule has 10 aromatic rings. The molecule has 0 unspecified atom stereocenters. The molecule has 0 amide bonds. The summed E-state index contributed by atoms with van der Waals surface area (Å²) in [6.07, 6.45) is 0. The van der Waals surface area contributed by atoms with Crippen molar-refractivity contribution in [2.45, 2.75) is 13.8 Å². The highest BCUT2D eigenvalue weighted by Gasteiger charge is 2.27. The maximum Gasteiger partial charge on any atom is 0.0497 e. The number of hydrogen-bond acceptors (Lipinski definition) is 1. The SMILES string of the molecule is Cc1ccccc1N(c1ccc2cc3c(cc2c1)-c1cc2c(-c4ccccc4)c4ccccc4c(-c4ccccc4)c2cc1-3)c1cc(-c2ccccc2)ccc1C. The summed E-state index contributed by atoms with van der Waals surface area (Å²) >= 11 is 0. The highest BCUT2D eigenvalue weighted by atomic mass is 15.1. The van der Waals surface area contributed by atoms with E-state index in [9.17, 15) is 0 Å². The average molecular weight is 726 g/mol. The predicted octanol–water partition coefficient (Wildman–Crippen LogP) is 15.9. The Morgan fingerprint density at radius 3 is 1.39 bits per heavy atom. The molecule has 0 radical (unpaired) electrons. The van der Waals surface area contributed by atoms with Gasteiger partial charge in [0.05, 0.1) is 0 Å². The van der Waals surface area contributed by atoms with E-state index >= 15 is 0 Å². The third-order valence-electron chi connectivity index (χ3n) is 12.0. The van der Waals surface area contributed by atoms with Crippen LogP contribution in [0.25, 0.3) is 88.0 Å². The van der Waals surface area contributed by atoms with Crippen LogP contribution in [0.15, 0.2) is 200 Å². The molecule has 0 spiro atoms. The summed E-state index contributed by atoms with van der Waals surface area (Å²) in [7, 11) is 0. The van der Waals surface area contributed by atoms with Crippen molar-refractivity contribution in [3.63, 3.8) is 0 Å². The minimum absolute atomic E-state index is 1.15. The van der Waals surface area contributed by atoms with Gasteiger partial charge in [-0.3, -0.25) is 0 Å². The number of anilines is 3. The Balaban J connectivity index is 1.11. The summed E-state index contributed by atoms with van der Waals surface area (Å²) in [5.74, 6) is 0. The summed E-state index contributed by atoms with van der Waals surface area (Å²) < 4.78 is 0. The summed E-state index contributed by atoms with van der Waals surface area (Å²) in [6, 6.07) is 73.8. The van der Waals surface area contributed by atoms with Crippen LogP contribution >= 0.6 is 0 Å². The van der Waals surface area contributed by atoms with E-state index in [-0.39, 0.29) is 0 Å². The summed E-state index contributed by atoms with van der Waals surface area (Å²) in [4.78, 5) is 2.44. The summed E-state index contributed by atoms with van der Waals surface area (Å²) in [5.41, 5.74) is 18.7. The number of para-hydroxylation sites is 1. The number of aryl methyl sites for hydroxylation is 2. The van der Waals surface area contributed by atoms with Gasteiger partial charge in [0.2, 0.25) is 0 Å². The number of fused-ring (bicyclic) bond motifs is 7. The molecule has 0 fully saturated rings. The van der Waals surface area contributed by atoms with E-state index < -0.39 is 0 Å². The molecular weight excluding hydrogens is 687 g/mol. The molecule has 0 N–H and O–H groups in total. The van der Waals surface area contributed by atoms with Gasteiger partial charge in [0.1, 0.15) is 0 Å². The standard InChI is InChI=1S/C56H39N/c1-36-16-12-15-25-53(36)57(54-33-42(27-26-37(54)2)38-17-6-3-7-18-38)44-29-28-41-31-47-48(32-43(41)30-44)50-35-52-51(34-49(47)50)55(39-19-8-4-9-20-39)45-23-13-14-24-46(45)56(52)40-21-10-5-11-22-40/h3-35H,1-2H3. The molecule has 57 heavy (non-hydrogen) atoms. The van der Waals surface area contributed by atoms with Crippen LogP contribution in [0, 0.1) is 13.8 Å². The van der Waals surface area contributed by atoms with Gasteiger partial charge in [-0.05, 0) is 161 Å². The Bertz CT molecular complexity index is 3180. The van der Waals surface area contributed by atoms with Crippen molar-refractivity contribution in [3.8, 4) is 55.6 Å². The van der Waals surface area contributed by atoms with Crippen molar-refractivity contribution in [2.75, 3.05) is 4.90 Å². The van der Waals surface area contributed by atoms with Crippen molar-refractivity contribution in [2.24, 2.45) is 0 Å². The number of benzene rings is 10. The molecule has 0 bridgehead atoms. The zero-order valence-corrected chi connectivity index (χ0v) is 32.0. The first kappa shape index (κ1) is 33.1. The normalized spacial score (nSPS) is 11.7. The lowest BCUT2D eigenvalue weighted by atomic mass is 9.75. The fraction of sp³-hybridized carbons (Fsp3) is 0.0357. The topological polar surface area (TPSA) is 3.24 Å². The Labute approximate surface area is 333 Å². The van der Waals surface area contributed by atoms with Gasteiger partial charge in [0, 0.05) is 17.1 Å². The predicted molar refractivity (Wildman–Crippen MR) is 244 cm³/mol. The molecule has 1 aliphatic rings. The van der Waals surface area contributed by atoms with Gasteiger partial charge in [-0.15, -0.1) is 0 Å². The zero-order chi connectivity index (χ0) is 38.0. The Hall–Kier alpha value is -7.22. The van der Waals surface area contributed by atoms with Crippen LogP contribution in [0.3, 0.4) is 0 Å². The van der Waals surface area contributed by atoms with Gasteiger partial charge >= 0.3 is 0 Å². The number of hydrogen-bond donors (Lipinski definition) is 0. The summed E-state index contributed by atoms with van der Waals surface area (Å²) in [5, 5.41) is 7.62. The first-order valence-electron chi connectivity index (χ1n) is 19.8. The summed E-state index contributed by atoms with van der Waals surface area (Å²) in [6.45, 7) is 4.43. The van der Waals surface area contributed by atoms with Gasteiger partial charge in [0.25, 0.3) is 0 Å². The van der Waals surface area contributed by atoms with Gasteiger partial charge in [-0.25, -0.2) is 0 Å². The van der Waals surface area contributed by atoms with Gasteiger partial charge in [0.15, 0.2) is 0 Å². The Kier molecular flexibility index (Phi) is 7.69. The largest absolute Gasteiger partial charge is 0.310 e. The lowest BCUT2D eigenvalue weighted by Gasteiger charge is -2.30. The molecule has 10 aromatic carbocycles. The molecule has 11 rings (SSSR count). The van der Waals surface area contributed by atoms with Crippen LogP contribution in [0.4, 0.5) is 17.1 Å². The van der Waals surface area contributed by atoms with Crippen LogP contribution in [0.2, 0.25) is 0 Å². The Morgan fingerprint density at radius 1 is 0.298 bits per heavy atom. The smallest absolute Gasteiger partial charge is 0.0497 e. The fourth-order valence-electron chi connectivity index (χ4n) is 9.19. The van der Waals surface area contributed by atoms with E-state index in [4.69, 9.17) is 0 Å². The maximum absolute atomic E-state index is 2.47. The zero-order valence-electron chi connectivity index (χ0n) is 32.0. The average Bonchev–Trinajstić information content (AvgIpc) is 3.26. The van der Waals surface area contributed by atoms with Crippen molar-refractivity contribution >= 4 is 49.4 Å². The lowest BCUT2D eigenvalue weighted by molar-refractivity contribution is 1.23. The molecule has 1 heteroatoms. The van der Waals surface area contributed by atoms with E-state index in [1.54, 1.807) is 0 Å². The second-order valence-electron chi connectivity index (χ2n) is 15.4. The quantitative estimate of drug-likeness (QED) is 0.154. The number of nitrogens with zero attached hydrogens (tertiary/aromatic N) is 1. The molecule has 1 aliphatic carbocycles. The van der Waals surface area contributed by atoms with E-state index in [1.165, 1.54) is 110 Å². The third kappa shape index (κ3) is 5.39. The van der Waals surface area contributed by atoms with E-state index in [0.717, 1.165) is 5.69 Å². The monoisotopic (exact) mass is 725 g/mol. The first-order valence-corrected chi connectivity index (χ1v) is 19.8. The molecule has 0 atom stereocenters. The van der Waals surface area contributed by atoms with Crippen LogP contribution in [0.5, 0.6) is 0 Å². The van der Waals surface area contributed by atoms with Crippen LogP contribution in [0.1, 0.15) is 11.1 Å². The van der Waals surface area contributed by atoms with Crippen LogP contribution in [-0.4, -0.2) is 0 Å². The third-order valence-corrected chi connectivity index (χ3v) is 12.0. The van der Waals surface area contributed by atoms with E-state index in [2.05, 4.69) is 219 Å². The molecule has 1 nitrogen and oxygen atoms in total. The minimum atomic E-state index is 1.15. The first-order chi connectivity index (χ1) is 28.1. The molecular formula is C56H39N. The second-order valence-corrected chi connectivity index (χ2v) is 15.4.